The fourth-order valence-corrected chi connectivity index (χ4v) is 3.01. The van der Waals surface area contributed by atoms with Crippen LogP contribution in [0.5, 0.6) is 0 Å². The van der Waals surface area contributed by atoms with Gasteiger partial charge >= 0.3 is 0 Å². The van der Waals surface area contributed by atoms with E-state index in [0.29, 0.717) is 23.6 Å². The second-order valence-electron chi connectivity index (χ2n) is 6.16. The van der Waals surface area contributed by atoms with Crippen LogP contribution in [-0.2, 0) is 4.74 Å². The van der Waals surface area contributed by atoms with Crippen LogP contribution in [0.25, 0.3) is 0 Å². The van der Waals surface area contributed by atoms with Gasteiger partial charge in [0.1, 0.15) is 0 Å². The Balaban J connectivity index is 2.64. The third-order valence-electron chi connectivity index (χ3n) is 4.15. The molecule has 1 aliphatic rings. The average Bonchev–Trinajstić information content (AvgIpc) is 2.15. The molecule has 1 heterocycles. The summed E-state index contributed by atoms with van der Waals surface area (Å²) in [7, 11) is 2.26. The molecule has 0 bridgehead atoms. The van der Waals surface area contributed by atoms with Crippen molar-refractivity contribution in [3.05, 3.63) is 0 Å². The van der Waals surface area contributed by atoms with Crippen LogP contribution in [0.4, 0.5) is 0 Å². The van der Waals surface area contributed by atoms with E-state index in [-0.39, 0.29) is 0 Å². The smallest absolute Gasteiger partial charge is 0.0630 e. The van der Waals surface area contributed by atoms with E-state index < -0.39 is 0 Å². The van der Waals surface area contributed by atoms with Crippen molar-refractivity contribution in [2.45, 2.75) is 72.1 Å². The molecule has 1 rings (SSSR count). The van der Waals surface area contributed by atoms with Crippen molar-refractivity contribution in [2.24, 2.45) is 5.41 Å². The Kier molecular flexibility index (Phi) is 4.81. The molecule has 0 aromatic heterocycles. The Morgan fingerprint density at radius 3 is 2.56 bits per heavy atom. The standard InChI is InChI=1S/C14H29NO/c1-7-8-11(2)15(6)13-10-16-12(3)9-14(13,4)5/h11-13H,7-10H2,1-6H3. The first kappa shape index (κ1) is 14.0. The van der Waals surface area contributed by atoms with Gasteiger partial charge in [0.2, 0.25) is 0 Å². The molecular weight excluding hydrogens is 198 g/mol. The van der Waals surface area contributed by atoms with E-state index in [4.69, 9.17) is 4.74 Å². The fourth-order valence-electron chi connectivity index (χ4n) is 3.01. The molecule has 0 spiro atoms. The largest absolute Gasteiger partial charge is 0.377 e. The molecule has 96 valence electrons. The minimum absolute atomic E-state index is 0.369. The monoisotopic (exact) mass is 227 g/mol. The van der Waals surface area contributed by atoms with E-state index in [0.717, 1.165) is 6.61 Å². The molecule has 1 aliphatic heterocycles. The predicted octanol–water partition coefficient (Wildman–Crippen LogP) is 3.31. The van der Waals surface area contributed by atoms with Crippen LogP contribution in [0.2, 0.25) is 0 Å². The average molecular weight is 227 g/mol. The summed E-state index contributed by atoms with van der Waals surface area (Å²) in [5, 5.41) is 0. The number of ether oxygens (including phenoxy) is 1. The van der Waals surface area contributed by atoms with Crippen molar-refractivity contribution in [1.29, 1.82) is 0 Å². The summed E-state index contributed by atoms with van der Waals surface area (Å²) >= 11 is 0. The van der Waals surface area contributed by atoms with Gasteiger partial charge in [-0.1, -0.05) is 27.2 Å². The second-order valence-corrected chi connectivity index (χ2v) is 6.16. The molecule has 3 atom stereocenters. The van der Waals surface area contributed by atoms with Gasteiger partial charge in [0.15, 0.2) is 0 Å². The molecule has 2 heteroatoms. The lowest BCUT2D eigenvalue weighted by Crippen LogP contribution is -2.54. The first-order valence-electron chi connectivity index (χ1n) is 6.72. The zero-order valence-electron chi connectivity index (χ0n) is 11.9. The van der Waals surface area contributed by atoms with Crippen molar-refractivity contribution in [2.75, 3.05) is 13.7 Å². The normalized spacial score (nSPS) is 31.7. The third kappa shape index (κ3) is 3.21. The van der Waals surface area contributed by atoms with Crippen molar-refractivity contribution >= 4 is 0 Å². The minimum Gasteiger partial charge on any atom is -0.377 e. The summed E-state index contributed by atoms with van der Waals surface area (Å²) in [5.41, 5.74) is 0.369. The van der Waals surface area contributed by atoms with Crippen LogP contribution < -0.4 is 0 Å². The Bertz CT molecular complexity index is 215. The number of likely N-dealkylation sites (N-methyl/N-ethyl adjacent to an activating group) is 1. The topological polar surface area (TPSA) is 12.5 Å². The van der Waals surface area contributed by atoms with Gasteiger partial charge in [-0.3, -0.25) is 4.90 Å². The van der Waals surface area contributed by atoms with Crippen LogP contribution in [-0.4, -0.2) is 36.7 Å². The Morgan fingerprint density at radius 1 is 1.44 bits per heavy atom. The maximum absolute atomic E-state index is 5.83. The van der Waals surface area contributed by atoms with Crippen molar-refractivity contribution in [3.8, 4) is 0 Å². The van der Waals surface area contributed by atoms with Crippen LogP contribution in [0.3, 0.4) is 0 Å². The molecule has 0 aliphatic carbocycles. The number of hydrogen-bond acceptors (Lipinski definition) is 2. The molecule has 0 saturated carbocycles. The van der Waals surface area contributed by atoms with Gasteiger partial charge in [0.05, 0.1) is 12.7 Å². The molecule has 1 fully saturated rings. The number of hydrogen-bond donors (Lipinski definition) is 0. The highest BCUT2D eigenvalue weighted by Crippen LogP contribution is 2.36. The van der Waals surface area contributed by atoms with Crippen molar-refractivity contribution in [3.63, 3.8) is 0 Å². The van der Waals surface area contributed by atoms with E-state index in [1.165, 1.54) is 19.3 Å². The Labute approximate surface area is 101 Å². The lowest BCUT2D eigenvalue weighted by Gasteiger charge is -2.47. The van der Waals surface area contributed by atoms with Crippen LogP contribution in [0.15, 0.2) is 0 Å². The van der Waals surface area contributed by atoms with E-state index in [1.807, 2.05) is 0 Å². The fraction of sp³-hybridized carbons (Fsp3) is 1.00. The highest BCUT2D eigenvalue weighted by atomic mass is 16.5. The van der Waals surface area contributed by atoms with Gasteiger partial charge in [-0.05, 0) is 39.2 Å². The molecule has 3 unspecified atom stereocenters. The van der Waals surface area contributed by atoms with Gasteiger partial charge in [0, 0.05) is 12.1 Å². The third-order valence-corrected chi connectivity index (χ3v) is 4.15. The molecule has 1 saturated heterocycles. The summed E-state index contributed by atoms with van der Waals surface area (Å²) < 4.78 is 5.83. The van der Waals surface area contributed by atoms with E-state index in [2.05, 4.69) is 46.6 Å². The molecular formula is C14H29NO. The number of nitrogens with zero attached hydrogens (tertiary/aromatic N) is 1. The van der Waals surface area contributed by atoms with Gasteiger partial charge in [-0.25, -0.2) is 0 Å². The van der Waals surface area contributed by atoms with E-state index >= 15 is 0 Å². The Morgan fingerprint density at radius 2 is 2.06 bits per heavy atom. The molecule has 0 N–H and O–H groups in total. The van der Waals surface area contributed by atoms with Crippen molar-refractivity contribution < 1.29 is 4.74 Å². The number of rotatable bonds is 4. The minimum atomic E-state index is 0.369. The van der Waals surface area contributed by atoms with Crippen LogP contribution >= 0.6 is 0 Å². The van der Waals surface area contributed by atoms with E-state index in [9.17, 15) is 0 Å². The first-order valence-corrected chi connectivity index (χ1v) is 6.72. The quantitative estimate of drug-likeness (QED) is 0.730. The zero-order valence-corrected chi connectivity index (χ0v) is 11.9. The van der Waals surface area contributed by atoms with Crippen LogP contribution in [0.1, 0.15) is 53.9 Å². The highest BCUT2D eigenvalue weighted by molar-refractivity contribution is 4.91. The van der Waals surface area contributed by atoms with Gasteiger partial charge in [-0.2, -0.15) is 0 Å². The molecule has 0 radical (unpaired) electrons. The lowest BCUT2D eigenvalue weighted by atomic mass is 9.77. The van der Waals surface area contributed by atoms with Gasteiger partial charge in [0.25, 0.3) is 0 Å². The molecule has 0 aromatic carbocycles. The summed E-state index contributed by atoms with van der Waals surface area (Å²) in [6.07, 6.45) is 4.12. The molecule has 2 nitrogen and oxygen atoms in total. The van der Waals surface area contributed by atoms with Gasteiger partial charge in [-0.15, -0.1) is 0 Å². The maximum atomic E-state index is 5.83. The van der Waals surface area contributed by atoms with E-state index in [1.54, 1.807) is 0 Å². The summed E-state index contributed by atoms with van der Waals surface area (Å²) in [6.45, 7) is 12.4. The molecule has 0 amide bonds. The zero-order chi connectivity index (χ0) is 12.3. The molecule has 0 aromatic rings. The summed E-state index contributed by atoms with van der Waals surface area (Å²) in [6, 6.07) is 1.22. The summed E-state index contributed by atoms with van der Waals surface area (Å²) in [5.74, 6) is 0. The second kappa shape index (κ2) is 5.50. The van der Waals surface area contributed by atoms with Gasteiger partial charge < -0.3 is 4.74 Å². The predicted molar refractivity (Wildman–Crippen MR) is 69.7 cm³/mol. The Hall–Kier alpha value is -0.0800. The van der Waals surface area contributed by atoms with Crippen LogP contribution in [0, 0.1) is 5.41 Å². The van der Waals surface area contributed by atoms with Crippen molar-refractivity contribution in [1.82, 2.24) is 4.90 Å². The summed E-state index contributed by atoms with van der Waals surface area (Å²) in [4.78, 5) is 2.52. The highest BCUT2D eigenvalue weighted by Gasteiger charge is 2.39. The SMILES string of the molecule is CCCC(C)N(C)C1COC(C)CC1(C)C. The molecule has 16 heavy (non-hydrogen) atoms. The lowest BCUT2D eigenvalue weighted by molar-refractivity contribution is -0.0935. The first-order chi connectivity index (χ1) is 7.38. The maximum Gasteiger partial charge on any atom is 0.0630 e.